The van der Waals surface area contributed by atoms with E-state index in [2.05, 4.69) is 166 Å². The molecule has 7 aromatic carbocycles. The van der Waals surface area contributed by atoms with E-state index >= 15 is 0 Å². The second-order valence-corrected chi connectivity index (χ2v) is 15.4. The fourth-order valence-electron chi connectivity index (χ4n) is 9.06. The molecule has 1 saturated carbocycles. The molecule has 0 atom stereocenters. The van der Waals surface area contributed by atoms with Crippen molar-refractivity contribution >= 4 is 43.4 Å². The van der Waals surface area contributed by atoms with Crippen molar-refractivity contribution < 1.29 is 0 Å². The van der Waals surface area contributed by atoms with E-state index in [9.17, 15) is 0 Å². The Morgan fingerprint density at radius 1 is 0.490 bits per heavy atom. The van der Waals surface area contributed by atoms with Gasteiger partial charge in [-0.15, -0.1) is 0 Å². The molecule has 1 heterocycles. The Morgan fingerprint density at radius 2 is 0.980 bits per heavy atom. The molecular formula is C49H46N2. The highest BCUT2D eigenvalue weighted by Crippen LogP contribution is 2.45. The van der Waals surface area contributed by atoms with Crippen molar-refractivity contribution in [3.05, 3.63) is 156 Å². The molecule has 1 fully saturated rings. The first-order valence-corrected chi connectivity index (χ1v) is 19.0. The predicted octanol–water partition coefficient (Wildman–Crippen LogP) is 13.8. The molecule has 1 aliphatic rings. The van der Waals surface area contributed by atoms with Gasteiger partial charge in [0.05, 0.1) is 16.7 Å². The number of rotatable bonds is 6. The van der Waals surface area contributed by atoms with Gasteiger partial charge in [-0.3, -0.25) is 4.57 Å². The monoisotopic (exact) mass is 662 g/mol. The first-order chi connectivity index (χ1) is 25.0. The number of imidazole rings is 1. The molecule has 0 amide bonds. The Kier molecular flexibility index (Phi) is 7.99. The van der Waals surface area contributed by atoms with Gasteiger partial charge >= 0.3 is 0 Å². The topological polar surface area (TPSA) is 17.8 Å². The summed E-state index contributed by atoms with van der Waals surface area (Å²) in [7, 11) is 0. The molecule has 1 aromatic heterocycles. The fourth-order valence-corrected chi connectivity index (χ4v) is 9.06. The SMILES string of the molecule is CC(C)c1cc(C2CCC(c3ccccc3)CC2)cc(C(C)C)c1-n1c(-c2ccc3c4ccccc4c4ccccc4c3c2)nc2ccccc21. The van der Waals surface area contributed by atoms with Crippen LogP contribution in [-0.4, -0.2) is 9.55 Å². The quantitative estimate of drug-likeness (QED) is 0.162. The van der Waals surface area contributed by atoms with Crippen LogP contribution in [0.2, 0.25) is 0 Å². The fraction of sp³-hybridized carbons (Fsp3) is 0.245. The summed E-state index contributed by atoms with van der Waals surface area (Å²) in [5, 5.41) is 7.74. The minimum Gasteiger partial charge on any atom is -0.292 e. The highest BCUT2D eigenvalue weighted by molar-refractivity contribution is 6.25. The lowest BCUT2D eigenvalue weighted by Crippen LogP contribution is -2.15. The van der Waals surface area contributed by atoms with Gasteiger partial charge in [-0.1, -0.05) is 143 Å². The van der Waals surface area contributed by atoms with Gasteiger partial charge < -0.3 is 0 Å². The van der Waals surface area contributed by atoms with Crippen LogP contribution >= 0.6 is 0 Å². The van der Waals surface area contributed by atoms with Crippen LogP contribution in [0.5, 0.6) is 0 Å². The maximum Gasteiger partial charge on any atom is 0.145 e. The molecule has 0 aliphatic heterocycles. The number of benzene rings is 7. The normalized spacial score (nSPS) is 16.7. The van der Waals surface area contributed by atoms with Gasteiger partial charge in [0.2, 0.25) is 0 Å². The van der Waals surface area contributed by atoms with E-state index in [0.717, 1.165) is 22.4 Å². The summed E-state index contributed by atoms with van der Waals surface area (Å²) >= 11 is 0. The van der Waals surface area contributed by atoms with Crippen LogP contribution < -0.4 is 0 Å². The van der Waals surface area contributed by atoms with Crippen LogP contribution in [0.25, 0.3) is 60.4 Å². The Hall–Kier alpha value is -5.21. The van der Waals surface area contributed by atoms with Crippen LogP contribution in [0.1, 0.15) is 99.3 Å². The Balaban J connectivity index is 1.23. The van der Waals surface area contributed by atoms with E-state index in [1.54, 1.807) is 0 Å². The second-order valence-electron chi connectivity index (χ2n) is 15.4. The summed E-state index contributed by atoms with van der Waals surface area (Å²) in [6, 6.07) is 49.7. The second kappa shape index (κ2) is 12.8. The van der Waals surface area contributed by atoms with Crippen molar-refractivity contribution in [2.75, 3.05) is 0 Å². The molecule has 8 aromatic rings. The average molecular weight is 663 g/mol. The minimum atomic E-state index is 0.360. The van der Waals surface area contributed by atoms with E-state index in [-0.39, 0.29) is 0 Å². The smallest absolute Gasteiger partial charge is 0.145 e. The zero-order chi connectivity index (χ0) is 34.6. The van der Waals surface area contributed by atoms with Crippen LogP contribution in [0.3, 0.4) is 0 Å². The molecule has 51 heavy (non-hydrogen) atoms. The number of fused-ring (bicyclic) bond motifs is 7. The molecule has 252 valence electrons. The molecular weight excluding hydrogens is 617 g/mol. The maximum atomic E-state index is 5.42. The van der Waals surface area contributed by atoms with Crippen molar-refractivity contribution in [3.8, 4) is 17.1 Å². The van der Waals surface area contributed by atoms with Crippen LogP contribution in [0.15, 0.2) is 133 Å². The summed E-state index contributed by atoms with van der Waals surface area (Å²) in [6.45, 7) is 9.46. The Labute approximate surface area is 301 Å². The van der Waals surface area contributed by atoms with Gasteiger partial charge in [0.15, 0.2) is 0 Å². The lowest BCUT2D eigenvalue weighted by molar-refractivity contribution is 0.396. The number of nitrogens with zero attached hydrogens (tertiary/aromatic N) is 2. The number of aromatic nitrogens is 2. The number of para-hydroxylation sites is 2. The standard InChI is InChI=1S/C49H46N2/c1-31(2)43-29-37(35-24-22-34(23-25-35)33-14-6-5-7-15-33)30-44(32(3)4)48(43)51-47-21-13-12-20-46(47)50-49(51)36-26-27-42-40-18-9-8-16-38(40)39-17-10-11-19-41(39)45(42)28-36/h5-21,26-32,34-35H,22-25H2,1-4H3. The molecule has 2 heteroatoms. The molecule has 0 saturated heterocycles. The molecule has 2 nitrogen and oxygen atoms in total. The lowest BCUT2D eigenvalue weighted by atomic mass is 9.75. The van der Waals surface area contributed by atoms with E-state index in [1.807, 2.05) is 0 Å². The largest absolute Gasteiger partial charge is 0.292 e. The molecule has 0 spiro atoms. The molecule has 1 aliphatic carbocycles. The first-order valence-electron chi connectivity index (χ1n) is 19.0. The van der Waals surface area contributed by atoms with E-state index < -0.39 is 0 Å². The predicted molar refractivity (Wildman–Crippen MR) is 218 cm³/mol. The summed E-state index contributed by atoms with van der Waals surface area (Å²) in [5.41, 5.74) is 10.5. The first kappa shape index (κ1) is 31.7. The number of hydrogen-bond donors (Lipinski definition) is 0. The van der Waals surface area contributed by atoms with Gasteiger partial charge in [0.1, 0.15) is 5.82 Å². The van der Waals surface area contributed by atoms with E-state index in [4.69, 9.17) is 4.98 Å². The summed E-state index contributed by atoms with van der Waals surface area (Å²) < 4.78 is 2.50. The zero-order valence-corrected chi connectivity index (χ0v) is 30.2. The van der Waals surface area contributed by atoms with Crippen LogP contribution in [-0.2, 0) is 0 Å². The van der Waals surface area contributed by atoms with E-state index in [0.29, 0.717) is 23.7 Å². The molecule has 0 bridgehead atoms. The van der Waals surface area contributed by atoms with Gasteiger partial charge in [0.25, 0.3) is 0 Å². The minimum absolute atomic E-state index is 0.360. The van der Waals surface area contributed by atoms with Gasteiger partial charge in [-0.05, 0) is 122 Å². The van der Waals surface area contributed by atoms with Crippen molar-refractivity contribution in [1.29, 1.82) is 0 Å². The van der Waals surface area contributed by atoms with Crippen molar-refractivity contribution in [3.63, 3.8) is 0 Å². The third kappa shape index (κ3) is 5.44. The maximum absolute atomic E-state index is 5.42. The summed E-state index contributed by atoms with van der Waals surface area (Å²) in [5.74, 6) is 3.00. The third-order valence-corrected chi connectivity index (χ3v) is 11.7. The van der Waals surface area contributed by atoms with Crippen molar-refractivity contribution in [2.45, 2.75) is 77.0 Å². The molecule has 0 N–H and O–H groups in total. The lowest BCUT2D eigenvalue weighted by Gasteiger charge is -2.31. The molecule has 9 rings (SSSR count). The van der Waals surface area contributed by atoms with Gasteiger partial charge in [-0.2, -0.15) is 0 Å². The zero-order valence-electron chi connectivity index (χ0n) is 30.2. The molecule has 0 unspecified atom stereocenters. The van der Waals surface area contributed by atoms with Gasteiger partial charge in [0, 0.05) is 5.56 Å². The van der Waals surface area contributed by atoms with Gasteiger partial charge in [-0.25, -0.2) is 4.98 Å². The molecule has 0 radical (unpaired) electrons. The highest BCUT2D eigenvalue weighted by Gasteiger charge is 2.28. The highest BCUT2D eigenvalue weighted by atomic mass is 15.1. The average Bonchev–Trinajstić information content (AvgIpc) is 3.57. The number of hydrogen-bond acceptors (Lipinski definition) is 1. The van der Waals surface area contributed by atoms with Crippen LogP contribution in [0, 0.1) is 0 Å². The Bertz CT molecular complexity index is 2480. The summed E-state index contributed by atoms with van der Waals surface area (Å²) in [6.07, 6.45) is 5.00. The van der Waals surface area contributed by atoms with Crippen molar-refractivity contribution in [1.82, 2.24) is 9.55 Å². The summed E-state index contributed by atoms with van der Waals surface area (Å²) in [4.78, 5) is 5.42. The third-order valence-electron chi connectivity index (χ3n) is 11.7. The van der Waals surface area contributed by atoms with Crippen molar-refractivity contribution in [2.24, 2.45) is 0 Å². The van der Waals surface area contributed by atoms with Crippen LogP contribution in [0.4, 0.5) is 0 Å². The van der Waals surface area contributed by atoms with E-state index in [1.165, 1.54) is 85.9 Å². The Morgan fingerprint density at radius 3 is 1.57 bits per heavy atom.